The number of methoxy groups -OCH3 is 1. The third-order valence-corrected chi connectivity index (χ3v) is 4.96. The average Bonchev–Trinajstić information content (AvgIpc) is 2.72. The van der Waals surface area contributed by atoms with Crippen molar-refractivity contribution in [3.63, 3.8) is 0 Å². The molecule has 0 aliphatic carbocycles. The lowest BCUT2D eigenvalue weighted by atomic mass is 9.97. The highest BCUT2D eigenvalue weighted by atomic mass is 19.1. The minimum absolute atomic E-state index is 0.171. The van der Waals surface area contributed by atoms with E-state index < -0.39 is 23.7 Å². The maximum absolute atomic E-state index is 13.1. The first-order valence-electron chi connectivity index (χ1n) is 10.2. The van der Waals surface area contributed by atoms with Crippen molar-refractivity contribution in [3.8, 4) is 5.75 Å². The van der Waals surface area contributed by atoms with Crippen LogP contribution in [0.3, 0.4) is 0 Å². The number of hydrogen-bond donors (Lipinski definition) is 2. The summed E-state index contributed by atoms with van der Waals surface area (Å²) in [5, 5.41) is 6.77. The molecule has 0 heterocycles. The van der Waals surface area contributed by atoms with Crippen molar-refractivity contribution in [2.24, 2.45) is 11.0 Å². The fourth-order valence-corrected chi connectivity index (χ4v) is 3.08. The minimum atomic E-state index is -0.794. The predicted octanol–water partition coefficient (Wildman–Crippen LogP) is 4.17. The number of carbonyl (C=O) groups excluding carboxylic acids is 2. The van der Waals surface area contributed by atoms with E-state index in [2.05, 4.69) is 29.7 Å². The first kappa shape index (κ1) is 24.1. The molecule has 0 bridgehead atoms. The predicted molar refractivity (Wildman–Crippen MR) is 120 cm³/mol. The van der Waals surface area contributed by atoms with Gasteiger partial charge in [0.25, 0.3) is 11.8 Å². The topological polar surface area (TPSA) is 79.8 Å². The van der Waals surface area contributed by atoms with Gasteiger partial charge < -0.3 is 10.1 Å². The largest absolute Gasteiger partial charge is 0.496 e. The zero-order valence-corrected chi connectivity index (χ0v) is 18.8. The molecule has 0 fully saturated rings. The number of rotatable bonds is 8. The van der Waals surface area contributed by atoms with Gasteiger partial charge in [-0.3, -0.25) is 9.59 Å². The highest BCUT2D eigenvalue weighted by Crippen LogP contribution is 2.29. The van der Waals surface area contributed by atoms with Crippen LogP contribution in [0, 0.1) is 18.7 Å². The van der Waals surface area contributed by atoms with Crippen LogP contribution in [0.4, 0.5) is 4.39 Å². The zero-order valence-electron chi connectivity index (χ0n) is 18.8. The van der Waals surface area contributed by atoms with Gasteiger partial charge in [-0.05, 0) is 71.8 Å². The van der Waals surface area contributed by atoms with Crippen LogP contribution >= 0.6 is 0 Å². The van der Waals surface area contributed by atoms with Gasteiger partial charge in [0.05, 0.1) is 13.3 Å². The monoisotopic (exact) mass is 427 g/mol. The van der Waals surface area contributed by atoms with Gasteiger partial charge in [0.1, 0.15) is 17.6 Å². The summed E-state index contributed by atoms with van der Waals surface area (Å²) in [7, 11) is 1.64. The van der Waals surface area contributed by atoms with Gasteiger partial charge in [0, 0.05) is 5.56 Å². The molecule has 0 aliphatic rings. The Labute approximate surface area is 182 Å². The van der Waals surface area contributed by atoms with Crippen molar-refractivity contribution in [1.82, 2.24) is 10.7 Å². The molecule has 1 unspecified atom stereocenters. The fraction of sp³-hybridized carbons (Fsp3) is 0.375. The van der Waals surface area contributed by atoms with Gasteiger partial charge in [0.2, 0.25) is 0 Å². The Kier molecular flexibility index (Phi) is 8.30. The van der Waals surface area contributed by atoms with Gasteiger partial charge in [-0.15, -0.1) is 0 Å². The van der Waals surface area contributed by atoms with E-state index in [1.165, 1.54) is 24.3 Å². The van der Waals surface area contributed by atoms with Gasteiger partial charge in [0.15, 0.2) is 0 Å². The number of hydrogen-bond acceptors (Lipinski definition) is 4. The van der Waals surface area contributed by atoms with Crippen LogP contribution < -0.4 is 15.5 Å². The van der Waals surface area contributed by atoms with Crippen molar-refractivity contribution < 1.29 is 18.7 Å². The van der Waals surface area contributed by atoms with Crippen LogP contribution in [0.25, 0.3) is 0 Å². The standard InChI is InChI=1S/C24H30FN3O3/c1-14(2)20-12-18(16(5)11-21(20)31-6)13-26-28-24(30)22(15(3)4)27-23(29)17-7-9-19(25)10-8-17/h7-15,22H,1-6H3,(H,27,29)(H,28,30)/b26-13+. The number of nitrogens with one attached hydrogen (secondary N) is 2. The highest BCUT2D eigenvalue weighted by Gasteiger charge is 2.24. The highest BCUT2D eigenvalue weighted by molar-refractivity contribution is 5.97. The lowest BCUT2D eigenvalue weighted by molar-refractivity contribution is -0.123. The molecule has 2 rings (SSSR count). The molecule has 2 amide bonds. The smallest absolute Gasteiger partial charge is 0.262 e. The van der Waals surface area contributed by atoms with Gasteiger partial charge in [-0.2, -0.15) is 5.10 Å². The number of amides is 2. The number of hydrazone groups is 1. The summed E-state index contributed by atoms with van der Waals surface area (Å²) < 4.78 is 18.5. The number of benzene rings is 2. The molecular formula is C24H30FN3O3. The molecule has 166 valence electrons. The minimum Gasteiger partial charge on any atom is -0.496 e. The summed E-state index contributed by atoms with van der Waals surface area (Å²) in [6.45, 7) is 9.73. The summed E-state index contributed by atoms with van der Waals surface area (Å²) in [6, 6.07) is 8.29. The maximum atomic E-state index is 13.1. The van der Waals surface area contributed by atoms with Gasteiger partial charge in [-0.1, -0.05) is 27.7 Å². The van der Waals surface area contributed by atoms with Crippen molar-refractivity contribution in [2.75, 3.05) is 7.11 Å². The van der Waals surface area contributed by atoms with E-state index in [1.807, 2.05) is 32.9 Å². The zero-order chi connectivity index (χ0) is 23.1. The normalized spacial score (nSPS) is 12.3. The van der Waals surface area contributed by atoms with Crippen molar-refractivity contribution >= 4 is 18.0 Å². The average molecular weight is 428 g/mol. The lowest BCUT2D eigenvalue weighted by Gasteiger charge is -2.20. The van der Waals surface area contributed by atoms with Crippen LogP contribution in [-0.2, 0) is 4.79 Å². The Hall–Kier alpha value is -3.22. The van der Waals surface area contributed by atoms with E-state index in [4.69, 9.17) is 4.74 Å². The van der Waals surface area contributed by atoms with Crippen molar-refractivity contribution in [1.29, 1.82) is 0 Å². The van der Waals surface area contributed by atoms with Crippen molar-refractivity contribution in [2.45, 2.75) is 46.6 Å². The number of aryl methyl sites for hydroxylation is 1. The molecular weight excluding hydrogens is 397 g/mol. The first-order valence-corrected chi connectivity index (χ1v) is 10.2. The molecule has 2 N–H and O–H groups in total. The summed E-state index contributed by atoms with van der Waals surface area (Å²) in [6.07, 6.45) is 1.58. The summed E-state index contributed by atoms with van der Waals surface area (Å²) in [5.41, 5.74) is 5.66. The van der Waals surface area contributed by atoms with E-state index in [0.29, 0.717) is 0 Å². The van der Waals surface area contributed by atoms with E-state index >= 15 is 0 Å². The van der Waals surface area contributed by atoms with Crippen LogP contribution in [0.5, 0.6) is 5.75 Å². The molecule has 0 radical (unpaired) electrons. The Bertz CT molecular complexity index is 953. The molecule has 0 spiro atoms. The Morgan fingerprint density at radius 3 is 2.29 bits per heavy atom. The molecule has 2 aromatic carbocycles. The number of halogens is 1. The van der Waals surface area contributed by atoms with Crippen LogP contribution in [0.2, 0.25) is 0 Å². The molecule has 1 atom stereocenters. The summed E-state index contributed by atoms with van der Waals surface area (Å²) >= 11 is 0. The Balaban J connectivity index is 2.11. The molecule has 0 aliphatic heterocycles. The first-order chi connectivity index (χ1) is 14.6. The third kappa shape index (κ3) is 6.38. The van der Waals surface area contributed by atoms with Gasteiger partial charge in [-0.25, -0.2) is 9.82 Å². The molecule has 0 saturated carbocycles. The molecule has 0 aromatic heterocycles. The Morgan fingerprint density at radius 2 is 1.74 bits per heavy atom. The molecule has 0 saturated heterocycles. The quantitative estimate of drug-likeness (QED) is 0.490. The second-order valence-electron chi connectivity index (χ2n) is 8.04. The second-order valence-corrected chi connectivity index (χ2v) is 8.04. The molecule has 2 aromatic rings. The third-order valence-electron chi connectivity index (χ3n) is 4.96. The lowest BCUT2D eigenvalue weighted by Crippen LogP contribution is -2.48. The molecule has 6 nitrogen and oxygen atoms in total. The summed E-state index contributed by atoms with van der Waals surface area (Å²) in [5.74, 6) is -0.405. The van der Waals surface area contributed by atoms with Gasteiger partial charge >= 0.3 is 0 Å². The van der Waals surface area contributed by atoms with Crippen LogP contribution in [0.1, 0.15) is 60.7 Å². The van der Waals surface area contributed by atoms with E-state index in [0.717, 1.165) is 22.4 Å². The second kappa shape index (κ2) is 10.7. The van der Waals surface area contributed by atoms with E-state index in [-0.39, 0.29) is 17.4 Å². The van der Waals surface area contributed by atoms with Crippen LogP contribution in [-0.4, -0.2) is 31.2 Å². The number of carbonyl (C=O) groups is 2. The SMILES string of the molecule is COc1cc(C)c(/C=N/NC(=O)C(NC(=O)c2ccc(F)cc2)C(C)C)cc1C(C)C. The van der Waals surface area contributed by atoms with Crippen LogP contribution in [0.15, 0.2) is 41.5 Å². The maximum Gasteiger partial charge on any atom is 0.262 e. The molecule has 7 heteroatoms. The summed E-state index contributed by atoms with van der Waals surface area (Å²) in [4.78, 5) is 25.0. The van der Waals surface area contributed by atoms with E-state index in [9.17, 15) is 14.0 Å². The van der Waals surface area contributed by atoms with Crippen molar-refractivity contribution in [3.05, 3.63) is 64.5 Å². The fourth-order valence-electron chi connectivity index (χ4n) is 3.08. The molecule has 31 heavy (non-hydrogen) atoms. The number of ether oxygens (including phenoxy) is 1. The Morgan fingerprint density at radius 1 is 1.10 bits per heavy atom. The number of nitrogens with zero attached hydrogens (tertiary/aromatic N) is 1. The van der Waals surface area contributed by atoms with E-state index in [1.54, 1.807) is 13.3 Å².